The number of carbonyl (C=O) groups excluding carboxylic acids is 2. The highest BCUT2D eigenvalue weighted by molar-refractivity contribution is 5.96. The van der Waals surface area contributed by atoms with Crippen LogP contribution in [0.5, 0.6) is 5.75 Å². The molecule has 1 aromatic heterocycles. The van der Waals surface area contributed by atoms with Crippen LogP contribution in [0.25, 0.3) is 11.4 Å². The summed E-state index contributed by atoms with van der Waals surface area (Å²) in [5, 5.41) is 6.41. The fourth-order valence-electron chi connectivity index (χ4n) is 2.66. The van der Waals surface area contributed by atoms with Crippen molar-refractivity contribution in [3.63, 3.8) is 0 Å². The lowest BCUT2D eigenvalue weighted by atomic mass is 10.0. The number of amides is 1. The number of methoxy groups -OCH3 is 1. The number of hydrogen-bond acceptors (Lipinski definition) is 7. The van der Waals surface area contributed by atoms with Crippen molar-refractivity contribution in [3.8, 4) is 17.1 Å². The van der Waals surface area contributed by atoms with Gasteiger partial charge in [-0.05, 0) is 29.7 Å². The molecule has 3 aromatic rings. The van der Waals surface area contributed by atoms with E-state index in [1.165, 1.54) is 12.7 Å². The zero-order valence-electron chi connectivity index (χ0n) is 17.0. The van der Waals surface area contributed by atoms with Gasteiger partial charge in [-0.2, -0.15) is 4.98 Å². The van der Waals surface area contributed by atoms with Crippen LogP contribution in [0.1, 0.15) is 41.6 Å². The van der Waals surface area contributed by atoms with Gasteiger partial charge in [0.2, 0.25) is 5.82 Å². The monoisotopic (exact) mass is 409 g/mol. The van der Waals surface area contributed by atoms with Crippen LogP contribution >= 0.6 is 0 Å². The number of rotatable bonds is 8. The number of nitrogens with one attached hydrogen (secondary N) is 1. The van der Waals surface area contributed by atoms with Gasteiger partial charge in [0.15, 0.2) is 6.61 Å². The number of esters is 1. The smallest absolute Gasteiger partial charge is 0.325 e. The minimum Gasteiger partial charge on any atom is -0.497 e. The minimum absolute atomic E-state index is 0.172. The highest BCUT2D eigenvalue weighted by Crippen LogP contribution is 2.20. The number of ether oxygens (including phenoxy) is 2. The lowest BCUT2D eigenvalue weighted by molar-refractivity contribution is -0.144. The lowest BCUT2D eigenvalue weighted by Gasteiger charge is -2.06. The highest BCUT2D eigenvalue weighted by atomic mass is 16.6. The molecule has 0 unspecified atom stereocenters. The lowest BCUT2D eigenvalue weighted by Crippen LogP contribution is -2.30. The van der Waals surface area contributed by atoms with Gasteiger partial charge in [0.1, 0.15) is 12.3 Å². The molecule has 1 heterocycles. The summed E-state index contributed by atoms with van der Waals surface area (Å²) < 4.78 is 15.3. The van der Waals surface area contributed by atoms with Crippen LogP contribution in [0.2, 0.25) is 0 Å². The molecule has 3 rings (SSSR count). The van der Waals surface area contributed by atoms with E-state index >= 15 is 0 Å². The molecule has 0 radical (unpaired) electrons. The van der Waals surface area contributed by atoms with Gasteiger partial charge >= 0.3 is 5.97 Å². The van der Waals surface area contributed by atoms with E-state index in [-0.39, 0.29) is 19.0 Å². The SMILES string of the molecule is COc1cccc(C(=O)NCC(=O)OCc2nc(-c3ccc(C(C)C)cc3)no2)c1. The van der Waals surface area contributed by atoms with Gasteiger partial charge < -0.3 is 19.3 Å². The van der Waals surface area contributed by atoms with Crippen molar-refractivity contribution in [2.24, 2.45) is 0 Å². The van der Waals surface area contributed by atoms with E-state index in [0.717, 1.165) is 5.56 Å². The van der Waals surface area contributed by atoms with Gasteiger partial charge in [-0.3, -0.25) is 9.59 Å². The molecule has 8 nitrogen and oxygen atoms in total. The van der Waals surface area contributed by atoms with Crippen molar-refractivity contribution in [2.75, 3.05) is 13.7 Å². The van der Waals surface area contributed by atoms with E-state index < -0.39 is 11.9 Å². The molecular weight excluding hydrogens is 386 g/mol. The van der Waals surface area contributed by atoms with Crippen molar-refractivity contribution in [1.82, 2.24) is 15.5 Å². The second kappa shape index (κ2) is 9.69. The number of aromatic nitrogens is 2. The minimum atomic E-state index is -0.618. The van der Waals surface area contributed by atoms with Crippen molar-refractivity contribution in [1.29, 1.82) is 0 Å². The highest BCUT2D eigenvalue weighted by Gasteiger charge is 2.13. The standard InChI is InChI=1S/C22H23N3O5/c1-14(2)15-7-9-16(10-8-15)21-24-19(30-25-21)13-29-20(26)12-23-22(27)17-5-4-6-18(11-17)28-3/h4-11,14H,12-13H2,1-3H3,(H,23,27). The van der Waals surface area contributed by atoms with E-state index in [1.807, 2.05) is 24.3 Å². The Morgan fingerprint density at radius 2 is 1.90 bits per heavy atom. The summed E-state index contributed by atoms with van der Waals surface area (Å²) in [5.74, 6) is 0.552. The Labute approximate surface area is 174 Å². The second-order valence-corrected chi connectivity index (χ2v) is 6.86. The molecule has 1 N–H and O–H groups in total. The Balaban J connectivity index is 1.48. The van der Waals surface area contributed by atoms with Crippen LogP contribution < -0.4 is 10.1 Å². The molecule has 156 valence electrons. The van der Waals surface area contributed by atoms with Crippen molar-refractivity contribution in [3.05, 3.63) is 65.5 Å². The van der Waals surface area contributed by atoms with Crippen LogP contribution in [0.15, 0.2) is 53.1 Å². The van der Waals surface area contributed by atoms with Crippen molar-refractivity contribution in [2.45, 2.75) is 26.4 Å². The van der Waals surface area contributed by atoms with E-state index in [1.54, 1.807) is 24.3 Å². The Morgan fingerprint density at radius 1 is 1.13 bits per heavy atom. The van der Waals surface area contributed by atoms with Crippen LogP contribution in [0.3, 0.4) is 0 Å². The molecule has 2 aromatic carbocycles. The summed E-state index contributed by atoms with van der Waals surface area (Å²) in [6.07, 6.45) is 0. The zero-order valence-corrected chi connectivity index (χ0v) is 17.0. The first-order valence-corrected chi connectivity index (χ1v) is 9.47. The summed E-state index contributed by atoms with van der Waals surface area (Å²) in [7, 11) is 1.51. The summed E-state index contributed by atoms with van der Waals surface area (Å²) in [6.45, 7) is 3.78. The maximum absolute atomic E-state index is 12.1. The third kappa shape index (κ3) is 5.44. The average molecular weight is 409 g/mol. The third-order valence-corrected chi connectivity index (χ3v) is 4.39. The van der Waals surface area contributed by atoms with Crippen molar-refractivity contribution >= 4 is 11.9 Å². The van der Waals surface area contributed by atoms with Gasteiger partial charge in [0.05, 0.1) is 7.11 Å². The molecular formula is C22H23N3O5. The van der Waals surface area contributed by atoms with Crippen LogP contribution in [-0.2, 0) is 16.1 Å². The fourth-order valence-corrected chi connectivity index (χ4v) is 2.66. The quantitative estimate of drug-likeness (QED) is 0.569. The summed E-state index contributed by atoms with van der Waals surface area (Å²) >= 11 is 0. The number of nitrogens with zero attached hydrogens (tertiary/aromatic N) is 2. The van der Waals surface area contributed by atoms with Gasteiger partial charge in [-0.1, -0.05) is 49.3 Å². The molecule has 0 aliphatic heterocycles. The van der Waals surface area contributed by atoms with E-state index in [9.17, 15) is 9.59 Å². The largest absolute Gasteiger partial charge is 0.497 e. The van der Waals surface area contributed by atoms with Gasteiger partial charge in [0.25, 0.3) is 11.8 Å². The van der Waals surface area contributed by atoms with Crippen molar-refractivity contribution < 1.29 is 23.6 Å². The average Bonchev–Trinajstić information content (AvgIpc) is 3.25. The second-order valence-electron chi connectivity index (χ2n) is 6.86. The Kier molecular flexibility index (Phi) is 6.79. The molecule has 30 heavy (non-hydrogen) atoms. The topological polar surface area (TPSA) is 104 Å². The Morgan fingerprint density at radius 3 is 2.60 bits per heavy atom. The Hall–Kier alpha value is -3.68. The van der Waals surface area contributed by atoms with Gasteiger partial charge in [-0.15, -0.1) is 0 Å². The molecule has 8 heteroatoms. The van der Waals surface area contributed by atoms with Crippen LogP contribution in [0, 0.1) is 0 Å². The first-order chi connectivity index (χ1) is 14.5. The van der Waals surface area contributed by atoms with Gasteiger partial charge in [0, 0.05) is 11.1 Å². The molecule has 0 atom stereocenters. The van der Waals surface area contributed by atoms with Crippen LogP contribution in [-0.4, -0.2) is 35.7 Å². The molecule has 0 aliphatic rings. The summed E-state index contributed by atoms with van der Waals surface area (Å²) in [6, 6.07) is 14.5. The maximum atomic E-state index is 12.1. The number of hydrogen-bond donors (Lipinski definition) is 1. The maximum Gasteiger partial charge on any atom is 0.325 e. The van der Waals surface area contributed by atoms with E-state index in [4.69, 9.17) is 14.0 Å². The number of carbonyl (C=O) groups is 2. The Bertz CT molecular complexity index is 1010. The summed E-state index contributed by atoms with van der Waals surface area (Å²) in [5.41, 5.74) is 2.41. The van der Waals surface area contributed by atoms with Crippen LogP contribution in [0.4, 0.5) is 0 Å². The molecule has 1 amide bonds. The first-order valence-electron chi connectivity index (χ1n) is 9.47. The normalized spacial score (nSPS) is 10.7. The molecule has 0 saturated heterocycles. The molecule has 0 saturated carbocycles. The summed E-state index contributed by atoms with van der Waals surface area (Å²) in [4.78, 5) is 28.2. The number of benzene rings is 2. The predicted octanol–water partition coefficient (Wildman–Crippen LogP) is 3.34. The third-order valence-electron chi connectivity index (χ3n) is 4.39. The van der Waals surface area contributed by atoms with E-state index in [0.29, 0.717) is 23.1 Å². The van der Waals surface area contributed by atoms with Gasteiger partial charge in [-0.25, -0.2) is 0 Å². The molecule has 0 spiro atoms. The molecule has 0 fully saturated rings. The fraction of sp³-hybridized carbons (Fsp3) is 0.273. The van der Waals surface area contributed by atoms with E-state index in [2.05, 4.69) is 29.3 Å². The first kappa shape index (κ1) is 21.0. The predicted molar refractivity (Wildman–Crippen MR) is 109 cm³/mol. The molecule has 0 bridgehead atoms. The molecule has 0 aliphatic carbocycles. The zero-order chi connectivity index (χ0) is 21.5.